The van der Waals surface area contributed by atoms with Crippen molar-refractivity contribution in [3.05, 3.63) is 60.2 Å². The van der Waals surface area contributed by atoms with Crippen molar-refractivity contribution in [3.63, 3.8) is 0 Å². The first-order valence-electron chi connectivity index (χ1n) is 6.75. The Bertz CT molecular complexity index is 777. The monoisotopic (exact) mass is 279 g/mol. The van der Waals surface area contributed by atoms with Gasteiger partial charge in [-0.05, 0) is 30.7 Å². The Balaban J connectivity index is 2.12. The highest BCUT2D eigenvalue weighted by molar-refractivity contribution is 5.70. The number of nitrogens with zero attached hydrogens (tertiary/aromatic N) is 2. The molecule has 3 aromatic rings. The Morgan fingerprint density at radius 1 is 1.05 bits per heavy atom. The van der Waals surface area contributed by atoms with E-state index in [2.05, 4.69) is 5.10 Å². The molecule has 1 heterocycles. The van der Waals surface area contributed by atoms with E-state index in [4.69, 9.17) is 10.5 Å². The van der Waals surface area contributed by atoms with Crippen molar-refractivity contribution in [2.45, 2.75) is 6.92 Å². The van der Waals surface area contributed by atoms with Crippen molar-refractivity contribution in [1.29, 1.82) is 0 Å². The smallest absolute Gasteiger partial charge is 0.128 e. The summed E-state index contributed by atoms with van der Waals surface area (Å²) in [5, 5.41) is 4.63. The Morgan fingerprint density at radius 3 is 2.52 bits per heavy atom. The van der Waals surface area contributed by atoms with Crippen molar-refractivity contribution >= 4 is 5.82 Å². The predicted molar refractivity (Wildman–Crippen MR) is 84.7 cm³/mol. The second-order valence-corrected chi connectivity index (χ2v) is 4.85. The van der Waals surface area contributed by atoms with Crippen molar-refractivity contribution in [2.24, 2.45) is 0 Å². The molecule has 0 aliphatic heterocycles. The highest BCUT2D eigenvalue weighted by Crippen LogP contribution is 2.30. The molecule has 0 unspecified atom stereocenters. The molecular weight excluding hydrogens is 262 g/mol. The van der Waals surface area contributed by atoms with Crippen molar-refractivity contribution < 1.29 is 4.74 Å². The standard InChI is InChI=1S/C17H17N3O/c1-12-7-3-5-9-15(12)20-17(18)11-14(19-20)13-8-4-6-10-16(13)21-2/h3-11H,18H2,1-2H3. The number of aromatic nitrogens is 2. The summed E-state index contributed by atoms with van der Waals surface area (Å²) in [5.74, 6) is 1.39. The van der Waals surface area contributed by atoms with E-state index in [-0.39, 0.29) is 0 Å². The van der Waals surface area contributed by atoms with Crippen LogP contribution in [0.15, 0.2) is 54.6 Å². The van der Waals surface area contributed by atoms with Crippen LogP contribution in [-0.2, 0) is 0 Å². The van der Waals surface area contributed by atoms with Gasteiger partial charge in [-0.1, -0.05) is 30.3 Å². The first-order chi connectivity index (χ1) is 10.2. The Hall–Kier alpha value is -2.75. The lowest BCUT2D eigenvalue weighted by Crippen LogP contribution is -2.03. The van der Waals surface area contributed by atoms with Crippen LogP contribution in [0.2, 0.25) is 0 Å². The fourth-order valence-corrected chi connectivity index (χ4v) is 2.38. The summed E-state index contributed by atoms with van der Waals surface area (Å²) in [6, 6.07) is 17.7. The fourth-order valence-electron chi connectivity index (χ4n) is 2.38. The van der Waals surface area contributed by atoms with Gasteiger partial charge in [0.25, 0.3) is 0 Å². The van der Waals surface area contributed by atoms with Crippen LogP contribution in [0.1, 0.15) is 5.56 Å². The van der Waals surface area contributed by atoms with Crippen LogP contribution < -0.4 is 10.5 Å². The maximum absolute atomic E-state index is 6.13. The maximum atomic E-state index is 6.13. The summed E-state index contributed by atoms with van der Waals surface area (Å²) in [6.07, 6.45) is 0. The normalized spacial score (nSPS) is 10.6. The van der Waals surface area contributed by atoms with E-state index in [9.17, 15) is 0 Å². The minimum Gasteiger partial charge on any atom is -0.496 e. The van der Waals surface area contributed by atoms with E-state index >= 15 is 0 Å². The fraction of sp³-hybridized carbons (Fsp3) is 0.118. The molecule has 0 amide bonds. The van der Waals surface area contributed by atoms with Gasteiger partial charge in [0.1, 0.15) is 11.6 Å². The second kappa shape index (κ2) is 5.32. The lowest BCUT2D eigenvalue weighted by molar-refractivity contribution is 0.416. The van der Waals surface area contributed by atoms with Gasteiger partial charge in [-0.25, -0.2) is 4.68 Å². The van der Waals surface area contributed by atoms with Gasteiger partial charge in [0.05, 0.1) is 18.5 Å². The van der Waals surface area contributed by atoms with Crippen LogP contribution in [0.5, 0.6) is 5.75 Å². The highest BCUT2D eigenvalue weighted by Gasteiger charge is 2.13. The van der Waals surface area contributed by atoms with Crippen LogP contribution >= 0.6 is 0 Å². The molecule has 4 heteroatoms. The molecule has 21 heavy (non-hydrogen) atoms. The zero-order valence-electron chi connectivity index (χ0n) is 12.1. The van der Waals surface area contributed by atoms with Crippen LogP contribution in [0.3, 0.4) is 0 Å². The number of hydrogen-bond donors (Lipinski definition) is 1. The molecule has 4 nitrogen and oxygen atoms in total. The maximum Gasteiger partial charge on any atom is 0.128 e. The molecular formula is C17H17N3O. The Morgan fingerprint density at radius 2 is 1.76 bits per heavy atom. The topological polar surface area (TPSA) is 53.1 Å². The lowest BCUT2D eigenvalue weighted by Gasteiger charge is -2.07. The number of anilines is 1. The first-order valence-corrected chi connectivity index (χ1v) is 6.75. The van der Waals surface area contributed by atoms with E-state index in [1.807, 2.05) is 61.5 Å². The molecule has 0 fully saturated rings. The quantitative estimate of drug-likeness (QED) is 0.799. The number of para-hydroxylation sites is 2. The minimum atomic E-state index is 0.602. The summed E-state index contributed by atoms with van der Waals surface area (Å²) in [6.45, 7) is 2.04. The molecule has 0 bridgehead atoms. The lowest BCUT2D eigenvalue weighted by atomic mass is 10.1. The molecule has 0 aliphatic carbocycles. The predicted octanol–water partition coefficient (Wildman–Crippen LogP) is 3.44. The average Bonchev–Trinajstić information content (AvgIpc) is 2.89. The van der Waals surface area contributed by atoms with Gasteiger partial charge in [0, 0.05) is 11.6 Å². The van der Waals surface area contributed by atoms with Crippen LogP contribution in [0, 0.1) is 6.92 Å². The second-order valence-electron chi connectivity index (χ2n) is 4.85. The molecule has 0 atom stereocenters. The third kappa shape index (κ3) is 2.36. The van der Waals surface area contributed by atoms with Gasteiger partial charge in [-0.15, -0.1) is 0 Å². The summed E-state index contributed by atoms with van der Waals surface area (Å²) in [7, 11) is 1.65. The van der Waals surface area contributed by atoms with Gasteiger partial charge in [-0.3, -0.25) is 0 Å². The summed E-state index contributed by atoms with van der Waals surface area (Å²) >= 11 is 0. The molecule has 106 valence electrons. The third-order valence-electron chi connectivity index (χ3n) is 3.46. The van der Waals surface area contributed by atoms with E-state index in [0.29, 0.717) is 5.82 Å². The number of ether oxygens (including phenoxy) is 1. The van der Waals surface area contributed by atoms with Gasteiger partial charge in [0.15, 0.2) is 0 Å². The Kier molecular flexibility index (Phi) is 3.36. The molecule has 1 aromatic heterocycles. The van der Waals surface area contributed by atoms with Crippen LogP contribution in [0.25, 0.3) is 16.9 Å². The average molecular weight is 279 g/mol. The van der Waals surface area contributed by atoms with E-state index in [1.165, 1.54) is 0 Å². The third-order valence-corrected chi connectivity index (χ3v) is 3.46. The van der Waals surface area contributed by atoms with Crippen LogP contribution in [-0.4, -0.2) is 16.9 Å². The van der Waals surface area contributed by atoms with Crippen molar-refractivity contribution in [1.82, 2.24) is 9.78 Å². The van der Waals surface area contributed by atoms with Crippen LogP contribution in [0.4, 0.5) is 5.82 Å². The number of nitrogen functional groups attached to an aromatic ring is 1. The molecule has 0 saturated carbocycles. The van der Waals surface area contributed by atoms with E-state index < -0.39 is 0 Å². The number of methoxy groups -OCH3 is 1. The summed E-state index contributed by atoms with van der Waals surface area (Å²) < 4.78 is 7.15. The van der Waals surface area contributed by atoms with Gasteiger partial charge in [-0.2, -0.15) is 5.10 Å². The van der Waals surface area contributed by atoms with Crippen molar-refractivity contribution in [3.8, 4) is 22.7 Å². The Labute approximate surface area is 123 Å². The highest BCUT2D eigenvalue weighted by atomic mass is 16.5. The first kappa shape index (κ1) is 13.2. The van der Waals surface area contributed by atoms with E-state index in [1.54, 1.807) is 11.8 Å². The number of benzene rings is 2. The molecule has 0 saturated heterocycles. The zero-order valence-corrected chi connectivity index (χ0v) is 12.1. The number of nitrogens with two attached hydrogens (primary N) is 1. The van der Waals surface area contributed by atoms with Gasteiger partial charge < -0.3 is 10.5 Å². The molecule has 0 spiro atoms. The molecule has 0 radical (unpaired) electrons. The number of hydrogen-bond acceptors (Lipinski definition) is 3. The van der Waals surface area contributed by atoms with E-state index in [0.717, 1.165) is 28.3 Å². The SMILES string of the molecule is COc1ccccc1-c1cc(N)n(-c2ccccc2C)n1. The van der Waals surface area contributed by atoms with Gasteiger partial charge >= 0.3 is 0 Å². The number of aryl methyl sites for hydroxylation is 1. The summed E-state index contributed by atoms with van der Waals surface area (Å²) in [4.78, 5) is 0. The summed E-state index contributed by atoms with van der Waals surface area (Å²) in [5.41, 5.74) is 9.97. The molecule has 3 rings (SSSR count). The zero-order chi connectivity index (χ0) is 14.8. The largest absolute Gasteiger partial charge is 0.496 e. The van der Waals surface area contributed by atoms with Crippen molar-refractivity contribution in [2.75, 3.05) is 12.8 Å². The molecule has 2 N–H and O–H groups in total. The molecule has 0 aliphatic rings. The number of rotatable bonds is 3. The minimum absolute atomic E-state index is 0.602. The van der Waals surface area contributed by atoms with Gasteiger partial charge in [0.2, 0.25) is 0 Å². The molecule has 2 aromatic carbocycles.